The van der Waals surface area contributed by atoms with Crippen molar-refractivity contribution in [3.8, 4) is 0 Å². The molecule has 3 fully saturated rings. The van der Waals surface area contributed by atoms with E-state index in [4.69, 9.17) is 19.2 Å². The van der Waals surface area contributed by atoms with Gasteiger partial charge in [0.15, 0.2) is 5.96 Å². The maximum atomic E-state index is 6.07. The molecule has 31 heavy (non-hydrogen) atoms. The number of benzene rings is 1. The van der Waals surface area contributed by atoms with Crippen molar-refractivity contribution in [3.05, 3.63) is 35.4 Å². The number of nitrogens with one attached hydrogen (secondary N) is 2. The standard InChI is InChI=1S/C24H37N3O3.HI/c1-4-25-23(27-21-20-10-13-29-22(20)24(21,2)3)26-15-17-6-5-7-18(14-17)16-30-19-8-11-28-12-9-19;/h5-7,14,19-22H,4,8-13,15-16H2,1-3H3,(H2,25,26,27);1H. The molecule has 174 valence electrons. The molecule has 7 heteroatoms. The molecule has 2 N–H and O–H groups in total. The summed E-state index contributed by atoms with van der Waals surface area (Å²) in [6, 6.07) is 8.98. The SMILES string of the molecule is CCNC(=NCc1cccc(COC2CCOCC2)c1)NC1C2CCOC2C1(C)C.I. The number of aliphatic imine (C=N–C) groups is 1. The summed E-state index contributed by atoms with van der Waals surface area (Å²) in [7, 11) is 0. The lowest BCUT2D eigenvalue weighted by molar-refractivity contribution is -0.106. The summed E-state index contributed by atoms with van der Waals surface area (Å²) in [5, 5.41) is 7.11. The Morgan fingerprint density at radius 1 is 1.16 bits per heavy atom. The van der Waals surface area contributed by atoms with E-state index in [1.165, 1.54) is 11.1 Å². The van der Waals surface area contributed by atoms with Crippen molar-refractivity contribution in [2.45, 2.75) is 71.4 Å². The van der Waals surface area contributed by atoms with E-state index in [0.29, 0.717) is 37.3 Å². The molecule has 3 atom stereocenters. The molecule has 4 rings (SSSR count). The topological polar surface area (TPSA) is 64.1 Å². The highest BCUT2D eigenvalue weighted by Crippen LogP contribution is 2.52. The summed E-state index contributed by atoms with van der Waals surface area (Å²) in [5.41, 5.74) is 2.55. The van der Waals surface area contributed by atoms with Gasteiger partial charge < -0.3 is 24.8 Å². The van der Waals surface area contributed by atoms with Crippen LogP contribution in [0.2, 0.25) is 0 Å². The number of fused-ring (bicyclic) bond motifs is 1. The van der Waals surface area contributed by atoms with Gasteiger partial charge in [0.05, 0.1) is 25.4 Å². The van der Waals surface area contributed by atoms with Crippen molar-refractivity contribution >= 4 is 29.9 Å². The van der Waals surface area contributed by atoms with Crippen LogP contribution in [0.5, 0.6) is 0 Å². The largest absolute Gasteiger partial charge is 0.381 e. The summed E-state index contributed by atoms with van der Waals surface area (Å²) in [5.74, 6) is 1.49. The van der Waals surface area contributed by atoms with Crippen molar-refractivity contribution in [2.75, 3.05) is 26.4 Å². The van der Waals surface area contributed by atoms with Gasteiger partial charge in [-0.3, -0.25) is 0 Å². The smallest absolute Gasteiger partial charge is 0.191 e. The zero-order chi connectivity index (χ0) is 21.0. The van der Waals surface area contributed by atoms with E-state index in [1.54, 1.807) is 0 Å². The molecule has 2 aliphatic heterocycles. The van der Waals surface area contributed by atoms with Crippen molar-refractivity contribution in [3.63, 3.8) is 0 Å². The maximum absolute atomic E-state index is 6.07. The van der Waals surface area contributed by atoms with Crippen LogP contribution in [0.4, 0.5) is 0 Å². The van der Waals surface area contributed by atoms with Gasteiger partial charge in [-0.1, -0.05) is 38.1 Å². The lowest BCUT2D eigenvalue weighted by Gasteiger charge is -2.54. The summed E-state index contributed by atoms with van der Waals surface area (Å²) < 4.78 is 17.4. The van der Waals surface area contributed by atoms with Crippen molar-refractivity contribution < 1.29 is 14.2 Å². The number of rotatable bonds is 7. The van der Waals surface area contributed by atoms with Crippen LogP contribution in [0.3, 0.4) is 0 Å². The molecule has 6 nitrogen and oxygen atoms in total. The predicted octanol–water partition coefficient (Wildman–Crippen LogP) is 3.87. The molecule has 1 saturated carbocycles. The second-order valence-corrected chi connectivity index (χ2v) is 9.33. The van der Waals surface area contributed by atoms with E-state index in [0.717, 1.165) is 51.6 Å². The third kappa shape index (κ3) is 5.92. The number of hydrogen-bond donors (Lipinski definition) is 2. The highest BCUT2D eigenvalue weighted by molar-refractivity contribution is 14.0. The second-order valence-electron chi connectivity index (χ2n) is 9.33. The van der Waals surface area contributed by atoms with Gasteiger partial charge in [-0.25, -0.2) is 4.99 Å². The molecule has 0 spiro atoms. The minimum atomic E-state index is 0. The molecule has 1 aromatic rings. The molecule has 0 radical (unpaired) electrons. The molecule has 1 aliphatic carbocycles. The third-order valence-corrected chi connectivity index (χ3v) is 6.80. The minimum absolute atomic E-state index is 0. The molecule has 2 saturated heterocycles. The van der Waals surface area contributed by atoms with Crippen LogP contribution in [0.15, 0.2) is 29.3 Å². The zero-order valence-corrected chi connectivity index (χ0v) is 21.4. The number of hydrogen-bond acceptors (Lipinski definition) is 4. The Labute approximate surface area is 203 Å². The van der Waals surface area contributed by atoms with E-state index in [1.807, 2.05) is 0 Å². The lowest BCUT2D eigenvalue weighted by Crippen LogP contribution is -2.67. The van der Waals surface area contributed by atoms with Gasteiger partial charge in [-0.05, 0) is 37.3 Å². The average Bonchev–Trinajstić information content (AvgIpc) is 3.22. The maximum Gasteiger partial charge on any atom is 0.191 e. The Balaban J connectivity index is 0.00000272. The van der Waals surface area contributed by atoms with E-state index >= 15 is 0 Å². The normalized spacial score (nSPS) is 27.7. The molecule has 0 amide bonds. The van der Waals surface area contributed by atoms with Gasteiger partial charge in [0.2, 0.25) is 0 Å². The summed E-state index contributed by atoms with van der Waals surface area (Å²) >= 11 is 0. The molecule has 1 aromatic carbocycles. The van der Waals surface area contributed by atoms with Crippen molar-refractivity contribution in [2.24, 2.45) is 16.3 Å². The monoisotopic (exact) mass is 543 g/mol. The lowest BCUT2D eigenvalue weighted by atomic mass is 9.57. The van der Waals surface area contributed by atoms with Crippen molar-refractivity contribution in [1.29, 1.82) is 0 Å². The molecular formula is C24H38IN3O3. The third-order valence-electron chi connectivity index (χ3n) is 6.80. The highest BCUT2D eigenvalue weighted by Gasteiger charge is 2.59. The number of guanidine groups is 1. The van der Waals surface area contributed by atoms with Gasteiger partial charge in [-0.2, -0.15) is 0 Å². The number of nitrogens with zero attached hydrogens (tertiary/aromatic N) is 1. The first-order chi connectivity index (χ1) is 14.6. The van der Waals surface area contributed by atoms with Crippen LogP contribution in [0, 0.1) is 11.3 Å². The Kier molecular flexibility index (Phi) is 9.01. The van der Waals surface area contributed by atoms with Crippen LogP contribution in [0.1, 0.15) is 51.2 Å². The fourth-order valence-corrected chi connectivity index (χ4v) is 5.13. The van der Waals surface area contributed by atoms with Gasteiger partial charge in [0.1, 0.15) is 0 Å². The first-order valence-corrected chi connectivity index (χ1v) is 11.5. The first kappa shape index (κ1) is 24.7. The van der Waals surface area contributed by atoms with Crippen molar-refractivity contribution in [1.82, 2.24) is 10.6 Å². The quantitative estimate of drug-likeness (QED) is 0.311. The van der Waals surface area contributed by atoms with Gasteiger partial charge in [0, 0.05) is 43.7 Å². The first-order valence-electron chi connectivity index (χ1n) is 11.5. The molecule has 0 bridgehead atoms. The zero-order valence-electron chi connectivity index (χ0n) is 19.1. The average molecular weight is 543 g/mol. The Hall–Kier alpha value is -0.900. The second kappa shape index (κ2) is 11.3. The Morgan fingerprint density at radius 2 is 1.94 bits per heavy atom. The summed E-state index contributed by atoms with van der Waals surface area (Å²) in [6.45, 7) is 11.4. The Morgan fingerprint density at radius 3 is 2.71 bits per heavy atom. The van der Waals surface area contributed by atoms with E-state index in [2.05, 4.69) is 55.7 Å². The van der Waals surface area contributed by atoms with Gasteiger partial charge >= 0.3 is 0 Å². The van der Waals surface area contributed by atoms with E-state index in [-0.39, 0.29) is 29.4 Å². The van der Waals surface area contributed by atoms with Crippen LogP contribution in [-0.4, -0.2) is 50.6 Å². The molecule has 0 aromatic heterocycles. The van der Waals surface area contributed by atoms with Crippen LogP contribution >= 0.6 is 24.0 Å². The number of halogens is 1. The van der Waals surface area contributed by atoms with Crippen LogP contribution < -0.4 is 10.6 Å². The van der Waals surface area contributed by atoms with E-state index in [9.17, 15) is 0 Å². The van der Waals surface area contributed by atoms with Crippen LogP contribution in [-0.2, 0) is 27.4 Å². The summed E-state index contributed by atoms with van der Waals surface area (Å²) in [6.07, 6.45) is 3.82. The molecule has 3 unspecified atom stereocenters. The highest BCUT2D eigenvalue weighted by atomic mass is 127. The molecule has 3 aliphatic rings. The summed E-state index contributed by atoms with van der Waals surface area (Å²) in [4.78, 5) is 4.87. The fourth-order valence-electron chi connectivity index (χ4n) is 5.13. The van der Waals surface area contributed by atoms with Gasteiger partial charge in [-0.15, -0.1) is 24.0 Å². The number of ether oxygens (including phenoxy) is 3. The van der Waals surface area contributed by atoms with Gasteiger partial charge in [0.25, 0.3) is 0 Å². The fraction of sp³-hybridized carbons (Fsp3) is 0.708. The molecule has 2 heterocycles. The molecular weight excluding hydrogens is 505 g/mol. The Bertz CT molecular complexity index is 737. The minimum Gasteiger partial charge on any atom is -0.381 e. The van der Waals surface area contributed by atoms with E-state index < -0.39 is 0 Å². The predicted molar refractivity (Wildman–Crippen MR) is 134 cm³/mol. The van der Waals surface area contributed by atoms with Crippen LogP contribution in [0.25, 0.3) is 0 Å².